The highest BCUT2D eigenvalue weighted by atomic mass is 16.6. The lowest BCUT2D eigenvalue weighted by Crippen LogP contribution is -2.65. The first-order chi connectivity index (χ1) is 28.3. The second kappa shape index (κ2) is 16.5. The van der Waals surface area contributed by atoms with E-state index in [-0.39, 0.29) is 19.2 Å². The van der Waals surface area contributed by atoms with Crippen molar-refractivity contribution in [2.45, 2.75) is 74.5 Å². The Bertz CT molecular complexity index is 2110. The third kappa shape index (κ3) is 6.80. The van der Waals surface area contributed by atoms with Gasteiger partial charge in [0.15, 0.2) is 17.6 Å². The number of imidazole rings is 1. The number of rotatable bonds is 15. The molecule has 58 heavy (non-hydrogen) atoms. The van der Waals surface area contributed by atoms with Gasteiger partial charge in [-0.2, -0.15) is 14.5 Å². The maximum Gasteiger partial charge on any atom is 0.269 e. The van der Waals surface area contributed by atoms with E-state index in [0.717, 1.165) is 16.7 Å². The number of methoxy groups -OCH3 is 2. The van der Waals surface area contributed by atoms with E-state index < -0.39 is 59.7 Å². The van der Waals surface area contributed by atoms with Crippen LogP contribution in [0.4, 0.5) is 17.3 Å². The number of aliphatic hydroxyl groups is 4. The van der Waals surface area contributed by atoms with Gasteiger partial charge in [0.05, 0.1) is 46.3 Å². The highest BCUT2D eigenvalue weighted by Gasteiger charge is 2.64. The zero-order chi connectivity index (χ0) is 40.4. The first kappa shape index (κ1) is 39.5. The number of nitrogens with one attached hydrogen (secondary N) is 1. The molecule has 16 nitrogen and oxygen atoms in total. The van der Waals surface area contributed by atoms with Gasteiger partial charge in [-0.25, -0.2) is 9.97 Å². The van der Waals surface area contributed by atoms with Crippen LogP contribution in [0.15, 0.2) is 109 Å². The van der Waals surface area contributed by atoms with E-state index >= 15 is 0 Å². The summed E-state index contributed by atoms with van der Waals surface area (Å²) in [6.45, 7) is 1.40. The van der Waals surface area contributed by atoms with Crippen molar-refractivity contribution in [2.75, 3.05) is 32.8 Å². The highest BCUT2D eigenvalue weighted by molar-refractivity contribution is 5.92. The van der Waals surface area contributed by atoms with Crippen LogP contribution in [0.3, 0.4) is 0 Å². The fourth-order valence-corrected chi connectivity index (χ4v) is 8.29. The highest BCUT2D eigenvalue weighted by Crippen LogP contribution is 2.50. The topological polar surface area (TPSA) is 195 Å². The van der Waals surface area contributed by atoms with Crippen molar-refractivity contribution in [2.24, 2.45) is 4.99 Å². The molecule has 3 aromatic carbocycles. The number of ether oxygens (including phenoxy) is 5. The van der Waals surface area contributed by atoms with E-state index in [2.05, 4.69) is 20.3 Å². The summed E-state index contributed by atoms with van der Waals surface area (Å²) in [6, 6.07) is 24.9. The second-order valence-electron chi connectivity index (χ2n) is 14.5. The van der Waals surface area contributed by atoms with E-state index in [1.165, 1.54) is 6.33 Å². The molecule has 16 heteroatoms. The van der Waals surface area contributed by atoms with E-state index in [9.17, 15) is 20.4 Å². The molecule has 0 spiro atoms. The fourth-order valence-electron chi connectivity index (χ4n) is 8.29. The maximum absolute atomic E-state index is 12.0. The van der Waals surface area contributed by atoms with E-state index in [0.29, 0.717) is 35.2 Å². The molecule has 3 aliphatic heterocycles. The lowest BCUT2D eigenvalue weighted by atomic mass is 9.80. The van der Waals surface area contributed by atoms with Gasteiger partial charge >= 0.3 is 0 Å². The Balaban J connectivity index is 1.17. The molecule has 2 unspecified atom stereocenters. The first-order valence-corrected chi connectivity index (χ1v) is 19.2. The summed E-state index contributed by atoms with van der Waals surface area (Å²) < 4.78 is 32.5. The first-order valence-electron chi connectivity index (χ1n) is 19.2. The number of hydrogen-bond donors (Lipinski definition) is 5. The number of fused-ring (bicyclic) bond motifs is 1. The number of anilines is 1. The molecule has 3 aliphatic rings. The zero-order valence-electron chi connectivity index (χ0n) is 32.4. The minimum Gasteiger partial charge on any atom is -0.497 e. The molecule has 5 aromatic rings. The standard InChI is InChI=1S/C42H48N7O9/c1-4-34(48-19-18-43-24-48)47-39-36-40(45-23-44-39)49(25-46-36,35-20-31(51)32(21-50)57-35)41-38(53)37(52)33(58-41)22-56-42(26-8-6-5-7-9-26,27-10-14-29(54-2)15-11-27)28-12-16-30(55-3)17-13-28/h5-19,23-25,31-35,37-38,41,50-53H,4,20-22H2,1-3H3,(H,44,45,47)/q+1/t31-,32+,33+,34?,35-,37+,38+,41+,49?/m0/s1. The Kier molecular flexibility index (Phi) is 11.3. The van der Waals surface area contributed by atoms with Gasteiger partial charge in [-0.15, -0.1) is 0 Å². The average molecular weight is 795 g/mol. The van der Waals surface area contributed by atoms with Gasteiger partial charge in [0.1, 0.15) is 47.9 Å². The Morgan fingerprint density at radius 2 is 1.55 bits per heavy atom. The third-order valence-corrected chi connectivity index (χ3v) is 11.4. The van der Waals surface area contributed by atoms with Crippen molar-refractivity contribution < 1.29 is 44.1 Å². The van der Waals surface area contributed by atoms with E-state index in [4.69, 9.17) is 28.7 Å². The van der Waals surface area contributed by atoms with Crippen LogP contribution in [0.1, 0.15) is 42.6 Å². The summed E-state index contributed by atoms with van der Waals surface area (Å²) >= 11 is 0. The molecule has 0 radical (unpaired) electrons. The zero-order valence-corrected chi connectivity index (χ0v) is 32.4. The monoisotopic (exact) mass is 794 g/mol. The van der Waals surface area contributed by atoms with Crippen LogP contribution in [0.5, 0.6) is 11.5 Å². The molecule has 0 amide bonds. The van der Waals surface area contributed by atoms with E-state index in [1.54, 1.807) is 33.1 Å². The maximum atomic E-state index is 12.0. The molecule has 9 atom stereocenters. The summed E-state index contributed by atoms with van der Waals surface area (Å²) in [5, 5.41) is 48.4. The van der Waals surface area contributed by atoms with Crippen LogP contribution in [-0.4, -0.2) is 117 Å². The van der Waals surface area contributed by atoms with Gasteiger partial charge in [0, 0.05) is 12.4 Å². The van der Waals surface area contributed by atoms with Gasteiger partial charge in [-0.1, -0.05) is 61.5 Å². The van der Waals surface area contributed by atoms with Gasteiger partial charge in [0.25, 0.3) is 5.82 Å². The number of aliphatic hydroxyl groups excluding tert-OH is 4. The molecule has 5 heterocycles. The number of hydrogen-bond acceptors (Lipinski definition) is 14. The third-order valence-electron chi connectivity index (χ3n) is 11.4. The summed E-state index contributed by atoms with van der Waals surface area (Å²) in [5.74, 6) is 2.07. The van der Waals surface area contributed by atoms with Crippen LogP contribution < -0.4 is 19.3 Å². The number of aromatic nitrogens is 4. The Hall–Kier alpha value is -5.30. The molecular weight excluding hydrogens is 747 g/mol. The molecule has 304 valence electrons. The Labute approximate surface area is 335 Å². The molecule has 2 fully saturated rings. The van der Waals surface area contributed by atoms with Crippen LogP contribution in [0.25, 0.3) is 0 Å². The number of aliphatic imine (C=N–C) groups is 1. The lowest BCUT2D eigenvalue weighted by Gasteiger charge is -2.40. The average Bonchev–Trinajstić information content (AvgIpc) is 4.08. The number of nitrogens with zero attached hydrogens (tertiary/aromatic N) is 6. The number of quaternary nitrogens is 1. The fraction of sp³-hybridized carbons (Fsp3) is 0.381. The van der Waals surface area contributed by atoms with Gasteiger partial charge in [-0.3, -0.25) is 0 Å². The molecule has 0 bridgehead atoms. The van der Waals surface area contributed by atoms with Crippen LogP contribution in [0.2, 0.25) is 0 Å². The summed E-state index contributed by atoms with van der Waals surface area (Å²) in [4.78, 5) is 18.2. The lowest BCUT2D eigenvalue weighted by molar-refractivity contribution is -0.141. The smallest absolute Gasteiger partial charge is 0.269 e. The van der Waals surface area contributed by atoms with Crippen molar-refractivity contribution in [3.63, 3.8) is 0 Å². The Morgan fingerprint density at radius 3 is 2.14 bits per heavy atom. The second-order valence-corrected chi connectivity index (χ2v) is 14.5. The van der Waals surface area contributed by atoms with Crippen LogP contribution >= 0.6 is 0 Å². The van der Waals surface area contributed by atoms with Gasteiger partial charge in [0.2, 0.25) is 18.8 Å². The quantitative estimate of drug-likeness (QED) is 0.0763. The van der Waals surface area contributed by atoms with Gasteiger partial charge in [-0.05, 0) is 47.4 Å². The molecular formula is C42H48N7O9+. The van der Waals surface area contributed by atoms with Crippen LogP contribution in [-0.2, 0) is 19.8 Å². The SMILES string of the molecule is CCC(Nc1ncnc2c1N=C[N+]2([C@@H]1C[C@H](O)[C@@H](CO)O1)[C@@H]1O[C@H](COC(c2ccccc2)(c2ccc(OC)cc2)c2ccc(OC)cc2)[C@@H](O)[C@H]1O)n1ccnc1. The molecule has 0 saturated carbocycles. The van der Waals surface area contributed by atoms with Crippen molar-refractivity contribution in [3.8, 4) is 11.5 Å². The minimum atomic E-state index is -1.51. The van der Waals surface area contributed by atoms with Crippen molar-refractivity contribution in [3.05, 3.63) is 121 Å². The van der Waals surface area contributed by atoms with Gasteiger partial charge < -0.3 is 54.0 Å². The van der Waals surface area contributed by atoms with Crippen molar-refractivity contribution in [1.29, 1.82) is 0 Å². The van der Waals surface area contributed by atoms with Crippen molar-refractivity contribution >= 4 is 23.7 Å². The Morgan fingerprint density at radius 1 is 0.879 bits per heavy atom. The molecule has 5 N–H and O–H groups in total. The normalized spacial score (nSPS) is 27.1. The predicted molar refractivity (Wildman–Crippen MR) is 212 cm³/mol. The molecule has 2 saturated heterocycles. The van der Waals surface area contributed by atoms with E-state index in [1.807, 2.05) is 96.6 Å². The molecule has 0 aliphatic carbocycles. The predicted octanol–water partition coefficient (Wildman–Crippen LogP) is 3.62. The van der Waals surface area contributed by atoms with Crippen LogP contribution in [0, 0.1) is 0 Å². The largest absolute Gasteiger partial charge is 0.497 e. The minimum absolute atomic E-state index is 0.0476. The van der Waals surface area contributed by atoms with Crippen molar-refractivity contribution in [1.82, 2.24) is 24.0 Å². The summed E-state index contributed by atoms with van der Waals surface area (Å²) in [7, 11) is 3.21. The summed E-state index contributed by atoms with van der Waals surface area (Å²) in [6.07, 6.45) is 0.554. The molecule has 8 rings (SSSR count). The molecule has 2 aromatic heterocycles. The summed E-state index contributed by atoms with van der Waals surface area (Å²) in [5.41, 5.74) is 1.50. The number of benzene rings is 3.